The summed E-state index contributed by atoms with van der Waals surface area (Å²) < 4.78 is 1.56. The Morgan fingerprint density at radius 2 is 2.22 bits per heavy atom. The average Bonchev–Trinajstić information content (AvgIpc) is 2.85. The number of aryl methyl sites for hydroxylation is 1. The number of nitrogens with one attached hydrogen (secondary N) is 2. The molecule has 5 nitrogen and oxygen atoms in total. The Hall–Kier alpha value is -1.73. The second-order valence-corrected chi connectivity index (χ2v) is 5.33. The van der Waals surface area contributed by atoms with Crippen molar-refractivity contribution in [2.45, 2.75) is 13.8 Å². The fourth-order valence-corrected chi connectivity index (χ4v) is 3.11. The maximum absolute atomic E-state index is 11.7. The first-order chi connectivity index (χ1) is 8.58. The number of H-pyrrole nitrogens is 2. The molecule has 0 fully saturated rings. The molecule has 92 valence electrons. The molecule has 0 atom stereocenters. The molecule has 0 unspecified atom stereocenters. The van der Waals surface area contributed by atoms with E-state index in [0.717, 1.165) is 10.4 Å². The Balaban J connectivity index is 2.41. The fourth-order valence-electron chi connectivity index (χ4n) is 1.85. The molecule has 0 saturated heterocycles. The molecular formula is C11H10N4OS2. The first-order valence-electron chi connectivity index (χ1n) is 5.33. The maximum atomic E-state index is 11.7. The maximum Gasteiger partial charge on any atom is 0.348 e. The van der Waals surface area contributed by atoms with Crippen molar-refractivity contribution in [1.29, 1.82) is 0 Å². The van der Waals surface area contributed by atoms with Crippen LogP contribution in [-0.4, -0.2) is 19.6 Å². The third-order valence-corrected chi connectivity index (χ3v) is 4.37. The SMILES string of the molecule is Cc1csc(-c2c[nH]n3c(=O)[nH]c(=S)nc23)c1C. The first-order valence-corrected chi connectivity index (χ1v) is 6.62. The zero-order valence-electron chi connectivity index (χ0n) is 9.77. The van der Waals surface area contributed by atoms with Gasteiger partial charge in [0.05, 0.1) is 5.56 Å². The molecule has 0 saturated carbocycles. The zero-order chi connectivity index (χ0) is 12.9. The third-order valence-electron chi connectivity index (χ3n) is 2.95. The van der Waals surface area contributed by atoms with Crippen LogP contribution in [0.4, 0.5) is 0 Å². The quantitative estimate of drug-likeness (QED) is 0.672. The number of fused-ring (bicyclic) bond motifs is 1. The largest absolute Gasteiger partial charge is 0.348 e. The third kappa shape index (κ3) is 1.55. The summed E-state index contributed by atoms with van der Waals surface area (Å²) in [5.74, 6) is 0. The molecular weight excluding hydrogens is 268 g/mol. The summed E-state index contributed by atoms with van der Waals surface area (Å²) in [4.78, 5) is 19.5. The molecule has 0 aliphatic heterocycles. The highest BCUT2D eigenvalue weighted by Gasteiger charge is 2.13. The Labute approximate surface area is 111 Å². The van der Waals surface area contributed by atoms with Crippen molar-refractivity contribution in [2.24, 2.45) is 0 Å². The number of rotatable bonds is 1. The monoisotopic (exact) mass is 278 g/mol. The average molecular weight is 278 g/mol. The summed E-state index contributed by atoms with van der Waals surface area (Å²) in [6, 6.07) is 0. The van der Waals surface area contributed by atoms with Gasteiger partial charge in [0.2, 0.25) is 4.77 Å². The van der Waals surface area contributed by atoms with Crippen molar-refractivity contribution in [2.75, 3.05) is 0 Å². The number of nitrogens with zero attached hydrogens (tertiary/aromatic N) is 2. The van der Waals surface area contributed by atoms with Gasteiger partial charge in [-0.3, -0.25) is 10.1 Å². The van der Waals surface area contributed by atoms with Crippen LogP contribution < -0.4 is 5.69 Å². The minimum atomic E-state index is -0.304. The number of aromatic amines is 2. The van der Waals surface area contributed by atoms with Crippen LogP contribution in [0.5, 0.6) is 0 Å². The topological polar surface area (TPSA) is 65.9 Å². The molecule has 0 bridgehead atoms. The standard InChI is InChI=1S/C11H10N4OS2/c1-5-4-18-8(6(5)2)7-3-12-15-9(7)13-10(17)14-11(15)16/h3-4,12H,1-2H3,(H,14,16,17). The normalized spacial score (nSPS) is 11.2. The van der Waals surface area contributed by atoms with E-state index in [4.69, 9.17) is 12.2 Å². The molecule has 3 aromatic rings. The van der Waals surface area contributed by atoms with Gasteiger partial charge in [-0.1, -0.05) is 0 Å². The summed E-state index contributed by atoms with van der Waals surface area (Å²) in [5.41, 5.74) is 3.60. The van der Waals surface area contributed by atoms with Gasteiger partial charge in [-0.2, -0.15) is 9.50 Å². The molecule has 18 heavy (non-hydrogen) atoms. The summed E-state index contributed by atoms with van der Waals surface area (Å²) in [7, 11) is 0. The van der Waals surface area contributed by atoms with E-state index in [9.17, 15) is 4.79 Å². The van der Waals surface area contributed by atoms with Crippen LogP contribution in [0, 0.1) is 18.6 Å². The summed E-state index contributed by atoms with van der Waals surface area (Å²) in [6.45, 7) is 4.13. The molecule has 7 heteroatoms. The summed E-state index contributed by atoms with van der Waals surface area (Å²) in [6.07, 6.45) is 1.78. The Morgan fingerprint density at radius 1 is 1.44 bits per heavy atom. The van der Waals surface area contributed by atoms with E-state index in [1.54, 1.807) is 17.5 Å². The van der Waals surface area contributed by atoms with Crippen molar-refractivity contribution in [3.63, 3.8) is 0 Å². The minimum absolute atomic E-state index is 0.201. The number of hydrogen-bond donors (Lipinski definition) is 2. The van der Waals surface area contributed by atoms with Gasteiger partial charge in [-0.25, -0.2) is 4.79 Å². The molecule has 0 aliphatic rings. The van der Waals surface area contributed by atoms with Crippen LogP contribution in [0.25, 0.3) is 16.1 Å². The van der Waals surface area contributed by atoms with Gasteiger partial charge in [-0.05, 0) is 42.6 Å². The van der Waals surface area contributed by atoms with Gasteiger partial charge >= 0.3 is 5.69 Å². The van der Waals surface area contributed by atoms with Crippen LogP contribution >= 0.6 is 23.6 Å². The van der Waals surface area contributed by atoms with E-state index >= 15 is 0 Å². The predicted octanol–water partition coefficient (Wildman–Crippen LogP) is 2.43. The highest BCUT2D eigenvalue weighted by molar-refractivity contribution is 7.71. The number of aromatic nitrogens is 4. The van der Waals surface area contributed by atoms with E-state index in [1.165, 1.54) is 15.6 Å². The van der Waals surface area contributed by atoms with Crippen LogP contribution in [0.15, 0.2) is 16.4 Å². The fraction of sp³-hybridized carbons (Fsp3) is 0.182. The van der Waals surface area contributed by atoms with Crippen molar-refractivity contribution >= 4 is 29.2 Å². The van der Waals surface area contributed by atoms with Crippen molar-refractivity contribution < 1.29 is 0 Å². The lowest BCUT2D eigenvalue weighted by atomic mass is 10.1. The molecule has 3 rings (SSSR count). The highest BCUT2D eigenvalue weighted by Crippen LogP contribution is 2.33. The lowest BCUT2D eigenvalue weighted by molar-refractivity contribution is 0.833. The van der Waals surface area contributed by atoms with Crippen LogP contribution in [0.3, 0.4) is 0 Å². The van der Waals surface area contributed by atoms with E-state index in [2.05, 4.69) is 34.3 Å². The first kappa shape index (κ1) is 11.4. The minimum Gasteiger partial charge on any atom is -0.295 e. The zero-order valence-corrected chi connectivity index (χ0v) is 11.4. The predicted molar refractivity (Wildman–Crippen MR) is 73.8 cm³/mol. The molecule has 0 aliphatic carbocycles. The van der Waals surface area contributed by atoms with E-state index in [0.29, 0.717) is 5.65 Å². The molecule has 0 radical (unpaired) electrons. The Kier molecular flexibility index (Phi) is 2.46. The van der Waals surface area contributed by atoms with E-state index < -0.39 is 0 Å². The van der Waals surface area contributed by atoms with Gasteiger partial charge in [0, 0.05) is 11.1 Å². The Morgan fingerprint density at radius 3 is 2.89 bits per heavy atom. The van der Waals surface area contributed by atoms with Crippen molar-refractivity contribution in [1.82, 2.24) is 19.6 Å². The van der Waals surface area contributed by atoms with Crippen LogP contribution in [-0.2, 0) is 0 Å². The van der Waals surface area contributed by atoms with Crippen molar-refractivity contribution in [3.05, 3.63) is 38.0 Å². The lowest BCUT2D eigenvalue weighted by Crippen LogP contribution is -2.18. The van der Waals surface area contributed by atoms with Gasteiger partial charge in [-0.15, -0.1) is 11.3 Å². The number of thiophene rings is 1. The molecule has 0 spiro atoms. The molecule has 3 heterocycles. The van der Waals surface area contributed by atoms with Gasteiger partial charge < -0.3 is 0 Å². The van der Waals surface area contributed by atoms with E-state index in [1.807, 2.05) is 0 Å². The molecule has 3 aromatic heterocycles. The van der Waals surface area contributed by atoms with Gasteiger partial charge in [0.25, 0.3) is 0 Å². The smallest absolute Gasteiger partial charge is 0.295 e. The van der Waals surface area contributed by atoms with Crippen molar-refractivity contribution in [3.8, 4) is 10.4 Å². The Bertz CT molecular complexity index is 852. The van der Waals surface area contributed by atoms with E-state index in [-0.39, 0.29) is 10.5 Å². The highest BCUT2D eigenvalue weighted by atomic mass is 32.1. The van der Waals surface area contributed by atoms with Crippen LogP contribution in [0.2, 0.25) is 0 Å². The lowest BCUT2D eigenvalue weighted by Gasteiger charge is -1.97. The second-order valence-electron chi connectivity index (χ2n) is 4.07. The summed E-state index contributed by atoms with van der Waals surface area (Å²) in [5, 5.41) is 4.98. The number of hydrogen-bond acceptors (Lipinski definition) is 4. The molecule has 0 amide bonds. The van der Waals surface area contributed by atoms with Gasteiger partial charge in [0.15, 0.2) is 5.65 Å². The molecule has 2 N–H and O–H groups in total. The van der Waals surface area contributed by atoms with Crippen LogP contribution in [0.1, 0.15) is 11.1 Å². The van der Waals surface area contributed by atoms with Gasteiger partial charge in [0.1, 0.15) is 0 Å². The molecule has 0 aromatic carbocycles. The second kappa shape index (κ2) is 3.89. The summed E-state index contributed by atoms with van der Waals surface area (Å²) >= 11 is 6.59.